The van der Waals surface area contributed by atoms with Crippen molar-refractivity contribution in [2.24, 2.45) is 0 Å². The zero-order valence-electron chi connectivity index (χ0n) is 21.6. The van der Waals surface area contributed by atoms with Gasteiger partial charge in [0.2, 0.25) is 0 Å². The number of carbonyl (C=O) groups excluding carboxylic acids is 2. The van der Waals surface area contributed by atoms with Gasteiger partial charge in [0.15, 0.2) is 6.10 Å². The van der Waals surface area contributed by atoms with Crippen LogP contribution in [0.4, 0.5) is 5.69 Å². The largest absolute Gasteiger partial charge is 0.497 e. The maximum absolute atomic E-state index is 14.0. The van der Waals surface area contributed by atoms with Crippen molar-refractivity contribution in [1.29, 1.82) is 0 Å². The van der Waals surface area contributed by atoms with E-state index in [0.29, 0.717) is 36.7 Å². The lowest BCUT2D eigenvalue weighted by Crippen LogP contribution is -2.48. The molecule has 1 heterocycles. The third-order valence-electron chi connectivity index (χ3n) is 6.14. The Hall–Kier alpha value is -2.71. The van der Waals surface area contributed by atoms with Crippen LogP contribution < -0.4 is 14.4 Å². The number of ether oxygens (including phenoxy) is 3. The first-order valence-electron chi connectivity index (χ1n) is 11.9. The van der Waals surface area contributed by atoms with Crippen molar-refractivity contribution in [2.75, 3.05) is 32.2 Å². The monoisotopic (exact) mass is 500 g/mol. The normalized spacial score (nSPS) is 18.0. The number of benzene rings is 2. The Balaban J connectivity index is 2.08. The maximum atomic E-state index is 14.0. The Kier molecular flexibility index (Phi) is 9.08. The molecule has 2 atom stereocenters. The number of carbonyl (C=O) groups is 2. The Morgan fingerprint density at radius 3 is 2.14 bits per heavy atom. The number of fused-ring (bicyclic) bond motifs is 1. The SMILES string of the molecule is COc1ccc([C@@H]2Sc3cc(OC)ccc3N(CCN(C(C)C)C(C)C)C(=O)[C@@H]2OC(C)=O)cc1. The van der Waals surface area contributed by atoms with Crippen LogP contribution in [0.5, 0.6) is 11.5 Å². The third-order valence-corrected chi connectivity index (χ3v) is 7.50. The van der Waals surface area contributed by atoms with Gasteiger partial charge in [-0.1, -0.05) is 12.1 Å². The number of anilines is 1. The molecule has 0 bridgehead atoms. The smallest absolute Gasteiger partial charge is 0.303 e. The van der Waals surface area contributed by atoms with Crippen molar-refractivity contribution in [3.8, 4) is 11.5 Å². The molecule has 1 aliphatic heterocycles. The van der Waals surface area contributed by atoms with Gasteiger partial charge in [-0.3, -0.25) is 14.5 Å². The Bertz CT molecular complexity index is 1020. The van der Waals surface area contributed by atoms with Gasteiger partial charge in [0, 0.05) is 37.0 Å². The summed E-state index contributed by atoms with van der Waals surface area (Å²) in [7, 11) is 3.23. The average molecular weight is 501 g/mol. The minimum absolute atomic E-state index is 0.232. The predicted octanol–water partition coefficient (Wildman–Crippen LogP) is 4.93. The maximum Gasteiger partial charge on any atom is 0.303 e. The molecule has 0 spiro atoms. The first kappa shape index (κ1) is 26.9. The summed E-state index contributed by atoms with van der Waals surface area (Å²) in [6, 6.07) is 13.9. The molecule has 2 aromatic rings. The fourth-order valence-electron chi connectivity index (χ4n) is 4.43. The van der Waals surface area contributed by atoms with E-state index in [9.17, 15) is 9.59 Å². The van der Waals surface area contributed by atoms with Crippen LogP contribution in [0.15, 0.2) is 47.4 Å². The van der Waals surface area contributed by atoms with Gasteiger partial charge >= 0.3 is 5.97 Å². The summed E-state index contributed by atoms with van der Waals surface area (Å²) in [5, 5.41) is -0.431. The zero-order chi connectivity index (χ0) is 25.7. The molecule has 0 N–H and O–H groups in total. The Morgan fingerprint density at radius 1 is 1.00 bits per heavy atom. The van der Waals surface area contributed by atoms with Crippen LogP contribution in [0, 0.1) is 0 Å². The van der Waals surface area contributed by atoms with Gasteiger partial charge in [-0.15, -0.1) is 11.8 Å². The number of esters is 1. The summed E-state index contributed by atoms with van der Waals surface area (Å²) in [6.07, 6.45) is -0.976. The molecule has 0 saturated carbocycles. The average Bonchev–Trinajstić information content (AvgIpc) is 2.93. The van der Waals surface area contributed by atoms with Crippen LogP contribution in [-0.2, 0) is 14.3 Å². The Labute approximate surface area is 212 Å². The van der Waals surface area contributed by atoms with E-state index in [0.717, 1.165) is 16.1 Å². The van der Waals surface area contributed by atoms with E-state index in [-0.39, 0.29) is 5.91 Å². The van der Waals surface area contributed by atoms with Crippen LogP contribution in [0.25, 0.3) is 0 Å². The minimum atomic E-state index is -0.976. The highest BCUT2D eigenvalue weighted by Crippen LogP contribution is 2.48. The zero-order valence-corrected chi connectivity index (χ0v) is 22.4. The summed E-state index contributed by atoms with van der Waals surface area (Å²) in [4.78, 5) is 31.1. The number of thioether (sulfide) groups is 1. The quantitative estimate of drug-likeness (QED) is 0.452. The van der Waals surface area contributed by atoms with Crippen LogP contribution in [0.3, 0.4) is 0 Å². The highest BCUT2D eigenvalue weighted by atomic mass is 32.2. The first-order valence-corrected chi connectivity index (χ1v) is 12.8. The van der Waals surface area contributed by atoms with Crippen molar-refractivity contribution in [1.82, 2.24) is 4.90 Å². The molecule has 0 unspecified atom stereocenters. The van der Waals surface area contributed by atoms with Crippen molar-refractivity contribution in [3.05, 3.63) is 48.0 Å². The second-order valence-corrected chi connectivity index (χ2v) is 10.3. The molecule has 0 saturated heterocycles. The van der Waals surface area contributed by atoms with Gasteiger partial charge < -0.3 is 19.1 Å². The lowest BCUT2D eigenvalue weighted by molar-refractivity contribution is -0.152. The summed E-state index contributed by atoms with van der Waals surface area (Å²) in [5.41, 5.74) is 1.67. The third kappa shape index (κ3) is 6.30. The fraction of sp³-hybridized carbons (Fsp3) is 0.481. The van der Waals surface area contributed by atoms with Gasteiger partial charge in [0.1, 0.15) is 11.5 Å². The summed E-state index contributed by atoms with van der Waals surface area (Å²) >= 11 is 1.50. The number of amides is 1. The van der Waals surface area contributed by atoms with Gasteiger partial charge in [0.25, 0.3) is 5.91 Å². The van der Waals surface area contributed by atoms with E-state index in [4.69, 9.17) is 14.2 Å². The van der Waals surface area contributed by atoms with E-state index in [2.05, 4.69) is 32.6 Å². The second-order valence-electron chi connectivity index (χ2n) is 9.09. The van der Waals surface area contributed by atoms with Crippen molar-refractivity contribution < 1.29 is 23.8 Å². The number of rotatable bonds is 9. The first-order chi connectivity index (χ1) is 16.7. The molecule has 7 nitrogen and oxygen atoms in total. The van der Waals surface area contributed by atoms with Crippen molar-refractivity contribution >= 4 is 29.3 Å². The number of hydrogen-bond acceptors (Lipinski definition) is 7. The number of methoxy groups -OCH3 is 2. The van der Waals surface area contributed by atoms with Crippen LogP contribution in [0.1, 0.15) is 45.4 Å². The fourth-order valence-corrected chi connectivity index (χ4v) is 5.77. The Morgan fingerprint density at radius 2 is 1.60 bits per heavy atom. The molecule has 35 heavy (non-hydrogen) atoms. The van der Waals surface area contributed by atoms with E-state index in [1.54, 1.807) is 19.1 Å². The predicted molar refractivity (Wildman–Crippen MR) is 139 cm³/mol. The summed E-state index contributed by atoms with van der Waals surface area (Å²) in [5.74, 6) is 0.699. The molecule has 0 fully saturated rings. The standard InChI is InChI=1S/C27H36N2O5S/c1-17(2)28(18(3)4)14-15-29-23-13-12-22(33-7)16-24(23)35-26(25(27(29)31)34-19(5)30)20-8-10-21(32-6)11-9-20/h8-13,16-18,25-26H,14-15H2,1-7H3/t25-,26+/m1/s1. The van der Waals surface area contributed by atoms with E-state index in [1.807, 2.05) is 42.5 Å². The van der Waals surface area contributed by atoms with Gasteiger partial charge in [-0.05, 0) is 63.6 Å². The van der Waals surface area contributed by atoms with Gasteiger partial charge in [-0.2, -0.15) is 0 Å². The lowest BCUT2D eigenvalue weighted by atomic mass is 10.1. The van der Waals surface area contributed by atoms with E-state index >= 15 is 0 Å². The molecular weight excluding hydrogens is 464 g/mol. The molecule has 2 aromatic carbocycles. The van der Waals surface area contributed by atoms with Crippen molar-refractivity contribution in [2.45, 2.75) is 63.0 Å². The molecule has 0 radical (unpaired) electrons. The molecule has 1 amide bonds. The van der Waals surface area contributed by atoms with Crippen LogP contribution >= 0.6 is 11.8 Å². The van der Waals surface area contributed by atoms with Crippen LogP contribution in [0.2, 0.25) is 0 Å². The molecule has 190 valence electrons. The number of hydrogen-bond donors (Lipinski definition) is 0. The minimum Gasteiger partial charge on any atom is -0.497 e. The van der Waals surface area contributed by atoms with Crippen LogP contribution in [-0.4, -0.2) is 62.3 Å². The molecule has 0 aromatic heterocycles. The highest BCUT2D eigenvalue weighted by Gasteiger charge is 2.41. The molecular formula is C27H36N2O5S. The molecule has 3 rings (SSSR count). The highest BCUT2D eigenvalue weighted by molar-refractivity contribution is 7.99. The van der Waals surface area contributed by atoms with E-state index in [1.165, 1.54) is 18.7 Å². The second kappa shape index (κ2) is 11.8. The summed E-state index contributed by atoms with van der Waals surface area (Å²) < 4.78 is 16.5. The lowest BCUT2D eigenvalue weighted by Gasteiger charge is -2.34. The molecule has 1 aliphatic rings. The topological polar surface area (TPSA) is 68.3 Å². The van der Waals surface area contributed by atoms with E-state index < -0.39 is 17.3 Å². The van der Waals surface area contributed by atoms with Gasteiger partial charge in [-0.25, -0.2) is 0 Å². The summed E-state index contributed by atoms with van der Waals surface area (Å²) in [6.45, 7) is 11.1. The number of nitrogens with zero attached hydrogens (tertiary/aromatic N) is 2. The van der Waals surface area contributed by atoms with Gasteiger partial charge in [0.05, 0.1) is 25.2 Å². The van der Waals surface area contributed by atoms with Crippen molar-refractivity contribution in [3.63, 3.8) is 0 Å². The molecule has 0 aliphatic carbocycles. The molecule has 8 heteroatoms.